The zero-order chi connectivity index (χ0) is 11.5. The highest BCUT2D eigenvalue weighted by Gasteiger charge is 2.12. The molecule has 0 spiro atoms. The molecule has 2 rings (SSSR count). The maximum absolute atomic E-state index is 10.4. The van der Waals surface area contributed by atoms with Gasteiger partial charge in [0.25, 0.3) is 0 Å². The highest BCUT2D eigenvalue weighted by molar-refractivity contribution is 5.73. The molecule has 0 saturated heterocycles. The van der Waals surface area contributed by atoms with Crippen LogP contribution in [0.2, 0.25) is 0 Å². The van der Waals surface area contributed by atoms with E-state index >= 15 is 0 Å². The maximum atomic E-state index is 10.4. The number of nitrogens with two attached hydrogens (primary N) is 1. The van der Waals surface area contributed by atoms with Crippen LogP contribution in [0.3, 0.4) is 0 Å². The molecule has 0 fully saturated rings. The molecule has 84 valence electrons. The van der Waals surface area contributed by atoms with Crippen molar-refractivity contribution in [2.24, 2.45) is 5.73 Å². The summed E-state index contributed by atoms with van der Waals surface area (Å²) < 4.78 is 6.53. The standard InChI is InChI=1S/C8H9N5O3/c9-5(8(14)15)3-16-7-2-1-6-11-10-4-13(6)12-7/h1-2,4-5H,3,9H2,(H,14,15). The van der Waals surface area contributed by atoms with Crippen molar-refractivity contribution in [3.63, 3.8) is 0 Å². The van der Waals surface area contributed by atoms with Crippen molar-refractivity contribution in [1.29, 1.82) is 0 Å². The summed E-state index contributed by atoms with van der Waals surface area (Å²) >= 11 is 0. The minimum Gasteiger partial charge on any atom is -0.480 e. The second kappa shape index (κ2) is 4.11. The molecular weight excluding hydrogens is 214 g/mol. The summed E-state index contributed by atoms with van der Waals surface area (Å²) in [4.78, 5) is 10.4. The van der Waals surface area contributed by atoms with E-state index in [0.717, 1.165) is 0 Å². The first-order valence-electron chi connectivity index (χ1n) is 4.45. The summed E-state index contributed by atoms with van der Waals surface area (Å²) in [6, 6.07) is 2.15. The Morgan fingerprint density at radius 3 is 3.19 bits per heavy atom. The maximum Gasteiger partial charge on any atom is 0.324 e. The Hall–Kier alpha value is -2.22. The van der Waals surface area contributed by atoms with Crippen LogP contribution >= 0.6 is 0 Å². The first-order chi connectivity index (χ1) is 7.66. The van der Waals surface area contributed by atoms with Gasteiger partial charge in [-0.2, -0.15) is 4.52 Å². The number of aliphatic carboxylic acids is 1. The number of nitrogens with zero attached hydrogens (tertiary/aromatic N) is 4. The van der Waals surface area contributed by atoms with Gasteiger partial charge in [0, 0.05) is 6.07 Å². The zero-order valence-electron chi connectivity index (χ0n) is 8.15. The third-order valence-corrected chi connectivity index (χ3v) is 1.87. The Balaban J connectivity index is 2.06. The molecule has 0 amide bonds. The second-order valence-corrected chi connectivity index (χ2v) is 3.06. The fraction of sp³-hybridized carbons (Fsp3) is 0.250. The number of rotatable bonds is 4. The molecule has 2 aromatic heterocycles. The summed E-state index contributed by atoms with van der Waals surface area (Å²) in [5.74, 6) is -0.852. The van der Waals surface area contributed by atoms with Gasteiger partial charge in [0.15, 0.2) is 5.65 Å². The molecule has 0 aromatic carbocycles. The van der Waals surface area contributed by atoms with E-state index in [0.29, 0.717) is 5.65 Å². The van der Waals surface area contributed by atoms with Crippen LogP contribution < -0.4 is 10.5 Å². The minimum atomic E-state index is -1.12. The van der Waals surface area contributed by atoms with Crippen LogP contribution in [-0.2, 0) is 4.79 Å². The fourth-order valence-corrected chi connectivity index (χ4v) is 1.03. The Morgan fingerprint density at radius 1 is 1.62 bits per heavy atom. The second-order valence-electron chi connectivity index (χ2n) is 3.06. The van der Waals surface area contributed by atoms with Crippen LogP contribution in [0.15, 0.2) is 18.5 Å². The first kappa shape index (κ1) is 10.3. The van der Waals surface area contributed by atoms with E-state index in [-0.39, 0.29) is 12.5 Å². The van der Waals surface area contributed by atoms with Crippen LogP contribution in [0.1, 0.15) is 0 Å². The van der Waals surface area contributed by atoms with E-state index in [1.165, 1.54) is 10.8 Å². The molecule has 2 aromatic rings. The van der Waals surface area contributed by atoms with Gasteiger partial charge in [-0.1, -0.05) is 0 Å². The molecule has 0 aliphatic rings. The molecule has 0 aliphatic carbocycles. The molecule has 1 atom stereocenters. The number of hydrogen-bond donors (Lipinski definition) is 2. The Kier molecular flexibility index (Phi) is 2.64. The summed E-state index contributed by atoms with van der Waals surface area (Å²) in [5, 5.41) is 19.9. The van der Waals surface area contributed by atoms with E-state index in [1.54, 1.807) is 12.1 Å². The Morgan fingerprint density at radius 2 is 2.44 bits per heavy atom. The van der Waals surface area contributed by atoms with Gasteiger partial charge in [-0.25, -0.2) is 0 Å². The minimum absolute atomic E-state index is 0.143. The quantitative estimate of drug-likeness (QED) is 0.676. The number of aromatic nitrogens is 4. The summed E-state index contributed by atoms with van der Waals surface area (Å²) in [6.07, 6.45) is 1.42. The van der Waals surface area contributed by atoms with Crippen molar-refractivity contribution in [3.05, 3.63) is 18.5 Å². The van der Waals surface area contributed by atoms with Crippen LogP contribution in [0.25, 0.3) is 5.65 Å². The molecule has 0 aliphatic heterocycles. The van der Waals surface area contributed by atoms with Crippen LogP contribution in [0.5, 0.6) is 5.88 Å². The highest BCUT2D eigenvalue weighted by atomic mass is 16.5. The number of hydrogen-bond acceptors (Lipinski definition) is 6. The van der Waals surface area contributed by atoms with Crippen LogP contribution in [-0.4, -0.2) is 43.5 Å². The van der Waals surface area contributed by atoms with Crippen molar-refractivity contribution >= 4 is 11.6 Å². The monoisotopic (exact) mass is 223 g/mol. The molecule has 8 heteroatoms. The number of carboxylic acid groups (broad SMARTS) is 1. The lowest BCUT2D eigenvalue weighted by Crippen LogP contribution is -2.36. The van der Waals surface area contributed by atoms with Crippen molar-refractivity contribution in [1.82, 2.24) is 19.8 Å². The highest BCUT2D eigenvalue weighted by Crippen LogP contribution is 2.06. The molecule has 3 N–H and O–H groups in total. The zero-order valence-corrected chi connectivity index (χ0v) is 8.15. The number of fused-ring (bicyclic) bond motifs is 1. The fourth-order valence-electron chi connectivity index (χ4n) is 1.03. The molecule has 8 nitrogen and oxygen atoms in total. The van der Waals surface area contributed by atoms with E-state index in [4.69, 9.17) is 15.6 Å². The smallest absolute Gasteiger partial charge is 0.324 e. The summed E-state index contributed by atoms with van der Waals surface area (Å²) in [7, 11) is 0. The molecule has 0 radical (unpaired) electrons. The molecular formula is C8H9N5O3. The third-order valence-electron chi connectivity index (χ3n) is 1.87. The molecule has 16 heavy (non-hydrogen) atoms. The average molecular weight is 223 g/mol. The molecule has 2 heterocycles. The van der Waals surface area contributed by atoms with E-state index in [2.05, 4.69) is 15.3 Å². The first-order valence-corrected chi connectivity index (χ1v) is 4.45. The lowest BCUT2D eigenvalue weighted by atomic mass is 10.3. The third kappa shape index (κ3) is 2.06. The van der Waals surface area contributed by atoms with Crippen molar-refractivity contribution in [2.75, 3.05) is 6.61 Å². The van der Waals surface area contributed by atoms with Crippen molar-refractivity contribution in [2.45, 2.75) is 6.04 Å². The largest absolute Gasteiger partial charge is 0.480 e. The predicted molar refractivity (Wildman–Crippen MR) is 51.9 cm³/mol. The summed E-state index contributed by atoms with van der Waals surface area (Å²) in [6.45, 7) is -0.143. The summed E-state index contributed by atoms with van der Waals surface area (Å²) in [5.41, 5.74) is 5.85. The van der Waals surface area contributed by atoms with E-state index in [9.17, 15) is 4.79 Å². The molecule has 0 saturated carbocycles. The van der Waals surface area contributed by atoms with Gasteiger partial charge in [-0.05, 0) is 6.07 Å². The van der Waals surface area contributed by atoms with Gasteiger partial charge < -0.3 is 15.6 Å². The molecule has 1 unspecified atom stereocenters. The van der Waals surface area contributed by atoms with Crippen LogP contribution in [0.4, 0.5) is 0 Å². The van der Waals surface area contributed by atoms with Crippen molar-refractivity contribution in [3.8, 4) is 5.88 Å². The van der Waals surface area contributed by atoms with Crippen LogP contribution in [0, 0.1) is 0 Å². The lowest BCUT2D eigenvalue weighted by molar-refractivity contribution is -0.139. The van der Waals surface area contributed by atoms with Gasteiger partial charge in [-0.15, -0.1) is 15.3 Å². The molecule has 0 bridgehead atoms. The number of carboxylic acids is 1. The Labute approximate surface area is 89.6 Å². The lowest BCUT2D eigenvalue weighted by Gasteiger charge is -2.07. The van der Waals surface area contributed by atoms with Gasteiger partial charge in [0.2, 0.25) is 5.88 Å². The van der Waals surface area contributed by atoms with E-state index in [1.807, 2.05) is 0 Å². The van der Waals surface area contributed by atoms with Gasteiger partial charge >= 0.3 is 5.97 Å². The number of ether oxygens (including phenoxy) is 1. The van der Waals surface area contributed by atoms with Crippen molar-refractivity contribution < 1.29 is 14.6 Å². The normalized spacial score (nSPS) is 12.6. The number of carbonyl (C=O) groups is 1. The topological polar surface area (TPSA) is 116 Å². The van der Waals surface area contributed by atoms with Gasteiger partial charge in [0.05, 0.1) is 0 Å². The van der Waals surface area contributed by atoms with Gasteiger partial charge in [-0.3, -0.25) is 4.79 Å². The SMILES string of the molecule is NC(COc1ccc2nncn2n1)C(=O)O. The van der Waals surface area contributed by atoms with E-state index < -0.39 is 12.0 Å². The Bertz CT molecular complexity index is 511. The van der Waals surface area contributed by atoms with Gasteiger partial charge in [0.1, 0.15) is 19.0 Å². The predicted octanol–water partition coefficient (Wildman–Crippen LogP) is -1.09. The average Bonchev–Trinajstić information content (AvgIpc) is 2.72.